The standard InChI is InChI=1S/C37H35FN2O7S/c1-37(2)19-28-36(48(43,44)21-37)35(26-14-13-25(18-27(26)38)45-20-24-7-4-3-5-8-24)40(29-9-6-10-30(41)34(29)39-28)33(42)16-12-23-11-15-31-32(17-23)47-22-46-31/h3-11,13-15,17-18,35,39,41H,12,16,19-22H2,1-2H3. The van der Waals surface area contributed by atoms with Crippen molar-refractivity contribution in [1.29, 1.82) is 0 Å². The van der Waals surface area contributed by atoms with Gasteiger partial charge in [0.1, 0.15) is 35.7 Å². The van der Waals surface area contributed by atoms with Gasteiger partial charge in [0.25, 0.3) is 0 Å². The van der Waals surface area contributed by atoms with Crippen molar-refractivity contribution in [2.75, 3.05) is 22.8 Å². The first-order valence-electron chi connectivity index (χ1n) is 15.7. The van der Waals surface area contributed by atoms with E-state index in [9.17, 15) is 18.3 Å². The second kappa shape index (κ2) is 12.2. The number of para-hydroxylation sites is 1. The summed E-state index contributed by atoms with van der Waals surface area (Å²) in [5.41, 5.74) is 1.78. The van der Waals surface area contributed by atoms with Crippen LogP contribution in [0.5, 0.6) is 23.0 Å². The van der Waals surface area contributed by atoms with Gasteiger partial charge in [-0.2, -0.15) is 0 Å². The van der Waals surface area contributed by atoms with Gasteiger partial charge in [-0.15, -0.1) is 0 Å². The molecule has 0 saturated carbocycles. The predicted octanol–water partition coefficient (Wildman–Crippen LogP) is 7.03. The number of anilines is 2. The van der Waals surface area contributed by atoms with Gasteiger partial charge in [-0.1, -0.05) is 56.3 Å². The first-order valence-corrected chi connectivity index (χ1v) is 17.4. The molecule has 9 nitrogen and oxygen atoms in total. The minimum atomic E-state index is -4.04. The molecule has 0 radical (unpaired) electrons. The van der Waals surface area contributed by atoms with E-state index in [-0.39, 0.29) is 58.9 Å². The van der Waals surface area contributed by atoms with Gasteiger partial charge in [0.05, 0.1) is 16.3 Å². The van der Waals surface area contributed by atoms with E-state index in [2.05, 4.69) is 5.32 Å². The first-order chi connectivity index (χ1) is 23.0. The highest BCUT2D eigenvalue weighted by Gasteiger charge is 2.47. The molecule has 0 aromatic heterocycles. The van der Waals surface area contributed by atoms with Crippen LogP contribution in [0.25, 0.3) is 0 Å². The molecule has 1 amide bonds. The van der Waals surface area contributed by atoms with E-state index in [1.54, 1.807) is 30.3 Å². The summed E-state index contributed by atoms with van der Waals surface area (Å²) >= 11 is 0. The van der Waals surface area contributed by atoms with Crippen LogP contribution in [0.15, 0.2) is 95.5 Å². The minimum absolute atomic E-state index is 0.00716. The molecule has 48 heavy (non-hydrogen) atoms. The van der Waals surface area contributed by atoms with Crippen LogP contribution in [0.2, 0.25) is 0 Å². The molecule has 1 atom stereocenters. The maximum Gasteiger partial charge on any atom is 0.231 e. The summed E-state index contributed by atoms with van der Waals surface area (Å²) < 4.78 is 61.6. The molecule has 0 saturated heterocycles. The van der Waals surface area contributed by atoms with Crippen LogP contribution in [-0.2, 0) is 27.7 Å². The van der Waals surface area contributed by atoms with E-state index in [1.807, 2.05) is 50.2 Å². The van der Waals surface area contributed by atoms with Crippen molar-refractivity contribution in [1.82, 2.24) is 0 Å². The Morgan fingerprint density at radius 2 is 1.79 bits per heavy atom. The van der Waals surface area contributed by atoms with Crippen molar-refractivity contribution in [3.63, 3.8) is 0 Å². The van der Waals surface area contributed by atoms with Crippen molar-refractivity contribution in [3.05, 3.63) is 118 Å². The fraction of sp³-hybridized carbons (Fsp3) is 0.270. The van der Waals surface area contributed by atoms with Gasteiger partial charge in [0.15, 0.2) is 21.3 Å². The molecule has 3 aliphatic rings. The molecule has 3 aliphatic heterocycles. The molecular weight excluding hydrogens is 635 g/mol. The highest BCUT2D eigenvalue weighted by atomic mass is 32.2. The summed E-state index contributed by atoms with van der Waals surface area (Å²) in [6, 6.07) is 22.4. The lowest BCUT2D eigenvalue weighted by molar-refractivity contribution is -0.118. The fourth-order valence-electron chi connectivity index (χ4n) is 6.69. The molecule has 0 spiro atoms. The van der Waals surface area contributed by atoms with Gasteiger partial charge in [-0.25, -0.2) is 12.8 Å². The summed E-state index contributed by atoms with van der Waals surface area (Å²) in [5, 5.41) is 14.2. The number of phenols is 1. The molecular formula is C37H35FN2O7S. The van der Waals surface area contributed by atoms with E-state index < -0.39 is 33.0 Å². The predicted molar refractivity (Wildman–Crippen MR) is 179 cm³/mol. The van der Waals surface area contributed by atoms with Crippen molar-refractivity contribution < 1.29 is 36.9 Å². The van der Waals surface area contributed by atoms with Gasteiger partial charge in [0, 0.05) is 23.7 Å². The number of halogens is 1. The largest absolute Gasteiger partial charge is 0.506 e. The smallest absolute Gasteiger partial charge is 0.231 e. The molecule has 248 valence electrons. The number of amides is 1. The summed E-state index contributed by atoms with van der Waals surface area (Å²) in [6.07, 6.45) is 0.547. The van der Waals surface area contributed by atoms with E-state index in [4.69, 9.17) is 14.2 Å². The number of phenolic OH excluding ortho intramolecular Hbond substituents is 1. The quantitative estimate of drug-likeness (QED) is 0.202. The molecule has 4 aromatic rings. The van der Waals surface area contributed by atoms with E-state index in [0.717, 1.165) is 11.1 Å². The van der Waals surface area contributed by atoms with Crippen molar-refractivity contribution >= 4 is 27.1 Å². The summed E-state index contributed by atoms with van der Waals surface area (Å²) in [5.74, 6) is -0.0945. The number of sulfone groups is 1. The lowest BCUT2D eigenvalue weighted by atomic mass is 9.88. The minimum Gasteiger partial charge on any atom is -0.506 e. The molecule has 0 bridgehead atoms. The SMILES string of the molecule is CC1(C)CC2=C(C(c3ccc(OCc4ccccc4)cc3F)N(C(=O)CCc3ccc4c(c3)OCO4)c3cccc(O)c3N2)S(=O)(=O)C1. The Hall–Kier alpha value is -5.03. The third kappa shape index (κ3) is 6.06. The number of aryl methyl sites for hydroxylation is 1. The average molecular weight is 671 g/mol. The van der Waals surface area contributed by atoms with Gasteiger partial charge >= 0.3 is 0 Å². The van der Waals surface area contributed by atoms with Gasteiger partial charge < -0.3 is 24.6 Å². The van der Waals surface area contributed by atoms with Crippen LogP contribution in [0.4, 0.5) is 15.8 Å². The number of fused-ring (bicyclic) bond motifs is 2. The third-order valence-corrected chi connectivity index (χ3v) is 11.1. The Labute approximate surface area is 278 Å². The Morgan fingerprint density at radius 3 is 2.58 bits per heavy atom. The average Bonchev–Trinajstić information content (AvgIpc) is 3.45. The summed E-state index contributed by atoms with van der Waals surface area (Å²) in [6.45, 7) is 4.01. The van der Waals surface area contributed by atoms with E-state index in [0.29, 0.717) is 30.0 Å². The fourth-order valence-corrected chi connectivity index (χ4v) is 9.05. The maximum atomic E-state index is 16.4. The lowest BCUT2D eigenvalue weighted by Gasteiger charge is -2.37. The zero-order chi connectivity index (χ0) is 33.6. The number of allylic oxidation sites excluding steroid dienone is 1. The van der Waals surface area contributed by atoms with E-state index in [1.165, 1.54) is 23.1 Å². The second-order valence-electron chi connectivity index (χ2n) is 13.1. The topological polar surface area (TPSA) is 114 Å². The zero-order valence-electron chi connectivity index (χ0n) is 26.5. The molecule has 1 unspecified atom stereocenters. The van der Waals surface area contributed by atoms with Crippen LogP contribution in [0, 0.1) is 11.2 Å². The number of ether oxygens (including phenoxy) is 3. The number of nitrogens with zero attached hydrogens (tertiary/aromatic N) is 1. The molecule has 0 fully saturated rings. The summed E-state index contributed by atoms with van der Waals surface area (Å²) in [7, 11) is -4.04. The maximum absolute atomic E-state index is 16.4. The van der Waals surface area contributed by atoms with Crippen molar-refractivity contribution in [2.24, 2.45) is 5.41 Å². The number of nitrogens with one attached hydrogen (secondary N) is 1. The van der Waals surface area contributed by atoms with Gasteiger partial charge in [0.2, 0.25) is 12.7 Å². The number of carbonyl (C=O) groups is 1. The zero-order valence-corrected chi connectivity index (χ0v) is 27.3. The summed E-state index contributed by atoms with van der Waals surface area (Å²) in [4.78, 5) is 15.7. The highest BCUT2D eigenvalue weighted by molar-refractivity contribution is 7.95. The number of carbonyl (C=O) groups excluding carboxylic acids is 1. The Balaban J connectivity index is 1.33. The van der Waals surface area contributed by atoms with Crippen molar-refractivity contribution in [2.45, 2.75) is 45.8 Å². The van der Waals surface area contributed by atoms with Crippen LogP contribution in [0.1, 0.15) is 49.4 Å². The number of aromatic hydroxyl groups is 1. The molecule has 4 aromatic carbocycles. The number of rotatable bonds is 7. The van der Waals surface area contributed by atoms with Crippen LogP contribution in [0.3, 0.4) is 0 Å². The Kier molecular flexibility index (Phi) is 8.03. The Bertz CT molecular complexity index is 2050. The highest BCUT2D eigenvalue weighted by Crippen LogP contribution is 2.52. The molecule has 7 rings (SSSR count). The molecule has 3 heterocycles. The Morgan fingerprint density at radius 1 is 1.00 bits per heavy atom. The normalized spacial score (nSPS) is 18.7. The van der Waals surface area contributed by atoms with E-state index >= 15 is 4.39 Å². The second-order valence-corrected chi connectivity index (χ2v) is 15.0. The van der Waals surface area contributed by atoms with Gasteiger partial charge in [-0.3, -0.25) is 9.69 Å². The molecule has 2 N–H and O–H groups in total. The lowest BCUT2D eigenvalue weighted by Crippen LogP contribution is -2.41. The number of hydrogen-bond acceptors (Lipinski definition) is 8. The van der Waals surface area contributed by atoms with Crippen LogP contribution in [-0.4, -0.2) is 32.0 Å². The van der Waals surface area contributed by atoms with Gasteiger partial charge in [-0.05, 0) is 65.8 Å². The number of benzene rings is 4. The van der Waals surface area contributed by atoms with Crippen LogP contribution >= 0.6 is 0 Å². The molecule has 11 heteroatoms. The third-order valence-electron chi connectivity index (χ3n) is 8.78. The van der Waals surface area contributed by atoms with Crippen LogP contribution < -0.4 is 24.4 Å². The van der Waals surface area contributed by atoms with Crippen molar-refractivity contribution in [3.8, 4) is 23.0 Å². The monoisotopic (exact) mass is 670 g/mol. The molecule has 0 aliphatic carbocycles. The number of hydrogen-bond donors (Lipinski definition) is 2. The first kappa shape index (κ1) is 31.6.